The molecule has 1 fully saturated rings. The number of fused-ring (bicyclic) bond motifs is 1. The van der Waals surface area contributed by atoms with Gasteiger partial charge in [-0.15, -0.1) is 0 Å². The van der Waals surface area contributed by atoms with Gasteiger partial charge in [-0.2, -0.15) is 17.5 Å². The molecule has 1 amide bonds. The second-order valence-corrected chi connectivity index (χ2v) is 11.2. The highest BCUT2D eigenvalue weighted by Gasteiger charge is 2.32. The van der Waals surface area contributed by atoms with Crippen LogP contribution in [0, 0.1) is 0 Å². The van der Waals surface area contributed by atoms with Gasteiger partial charge in [0.15, 0.2) is 0 Å². The van der Waals surface area contributed by atoms with Crippen LogP contribution in [-0.2, 0) is 16.2 Å². The van der Waals surface area contributed by atoms with Gasteiger partial charge in [0.05, 0.1) is 20.7 Å². The molecule has 1 aromatic heterocycles. The summed E-state index contributed by atoms with van der Waals surface area (Å²) in [5.74, 6) is -0.452. The summed E-state index contributed by atoms with van der Waals surface area (Å²) in [6.07, 6.45) is -4.49. The quantitative estimate of drug-likeness (QED) is 0.532. The Kier molecular flexibility index (Phi) is 6.34. The van der Waals surface area contributed by atoms with Crippen molar-refractivity contribution in [1.29, 1.82) is 0 Å². The van der Waals surface area contributed by atoms with Gasteiger partial charge < -0.3 is 4.90 Å². The molecule has 0 radical (unpaired) electrons. The number of carbonyl (C=O) groups is 1. The standard InChI is InChI=1S/C22H22F3N3O4S2/c1-14(2)28-18-8-7-17(13-19(18)33-21(28)30)34(31,32)27-11-9-26(10-12-27)20(29)15-3-5-16(6-4-15)22(23,24)25/h3-8,13-14H,9-12H2,1-2H3. The number of rotatable bonds is 4. The molecular weight excluding hydrogens is 491 g/mol. The fraction of sp³-hybridized carbons (Fsp3) is 0.364. The van der Waals surface area contributed by atoms with Gasteiger partial charge in [0.1, 0.15) is 0 Å². The Morgan fingerprint density at radius 2 is 1.62 bits per heavy atom. The molecule has 4 rings (SSSR count). The van der Waals surface area contributed by atoms with E-state index in [1.165, 1.54) is 21.3 Å². The Morgan fingerprint density at radius 3 is 2.18 bits per heavy atom. The lowest BCUT2D eigenvalue weighted by atomic mass is 10.1. The summed E-state index contributed by atoms with van der Waals surface area (Å²) in [6.45, 7) is 4.08. The number of carbonyl (C=O) groups excluding carboxylic acids is 1. The van der Waals surface area contributed by atoms with Crippen molar-refractivity contribution in [3.63, 3.8) is 0 Å². The van der Waals surface area contributed by atoms with Crippen LogP contribution in [0.3, 0.4) is 0 Å². The summed E-state index contributed by atoms with van der Waals surface area (Å²) in [4.78, 5) is 26.3. The van der Waals surface area contributed by atoms with Gasteiger partial charge in [-0.1, -0.05) is 11.3 Å². The Morgan fingerprint density at radius 1 is 1.00 bits per heavy atom. The fourth-order valence-electron chi connectivity index (χ4n) is 3.93. The second-order valence-electron chi connectivity index (χ2n) is 8.23. The van der Waals surface area contributed by atoms with Crippen LogP contribution >= 0.6 is 11.3 Å². The number of halogens is 3. The van der Waals surface area contributed by atoms with E-state index in [1.807, 2.05) is 13.8 Å². The third-order valence-electron chi connectivity index (χ3n) is 5.72. The summed E-state index contributed by atoms with van der Waals surface area (Å²) < 4.78 is 68.0. The topological polar surface area (TPSA) is 79.7 Å². The number of aromatic nitrogens is 1. The normalized spacial score (nSPS) is 15.9. The van der Waals surface area contributed by atoms with Crippen molar-refractivity contribution in [2.75, 3.05) is 26.2 Å². The van der Waals surface area contributed by atoms with Gasteiger partial charge in [-0.3, -0.25) is 14.2 Å². The fourth-order valence-corrected chi connectivity index (χ4v) is 6.51. The first kappa shape index (κ1) is 24.4. The minimum absolute atomic E-state index is 0.0516. The van der Waals surface area contributed by atoms with E-state index in [1.54, 1.807) is 10.6 Å². The van der Waals surface area contributed by atoms with E-state index in [0.717, 1.165) is 35.6 Å². The maximum atomic E-state index is 13.2. The van der Waals surface area contributed by atoms with Crippen molar-refractivity contribution in [3.8, 4) is 0 Å². The van der Waals surface area contributed by atoms with Gasteiger partial charge in [0.25, 0.3) is 5.91 Å². The van der Waals surface area contributed by atoms with E-state index < -0.39 is 27.7 Å². The van der Waals surface area contributed by atoms with E-state index in [9.17, 15) is 31.2 Å². The Hall–Kier alpha value is -2.70. The molecule has 1 aliphatic rings. The minimum Gasteiger partial charge on any atom is -0.336 e. The molecule has 182 valence electrons. The molecule has 1 aliphatic heterocycles. The van der Waals surface area contributed by atoms with Crippen molar-refractivity contribution >= 4 is 37.5 Å². The van der Waals surface area contributed by atoms with Gasteiger partial charge in [0, 0.05) is 37.8 Å². The highest BCUT2D eigenvalue weighted by Crippen LogP contribution is 2.30. The highest BCUT2D eigenvalue weighted by molar-refractivity contribution is 7.89. The molecule has 34 heavy (non-hydrogen) atoms. The monoisotopic (exact) mass is 513 g/mol. The third-order valence-corrected chi connectivity index (χ3v) is 8.54. The average Bonchev–Trinajstić information content (AvgIpc) is 3.13. The summed E-state index contributed by atoms with van der Waals surface area (Å²) in [6, 6.07) is 8.49. The third kappa shape index (κ3) is 4.49. The zero-order chi connectivity index (χ0) is 24.8. The zero-order valence-electron chi connectivity index (χ0n) is 18.4. The highest BCUT2D eigenvalue weighted by atomic mass is 32.2. The number of sulfonamides is 1. The number of benzene rings is 2. The molecule has 0 unspecified atom stereocenters. The summed E-state index contributed by atoms with van der Waals surface area (Å²) >= 11 is 0.990. The van der Waals surface area contributed by atoms with E-state index in [4.69, 9.17) is 0 Å². The summed E-state index contributed by atoms with van der Waals surface area (Å²) in [5, 5.41) is 0. The molecule has 2 heterocycles. The van der Waals surface area contributed by atoms with Crippen LogP contribution in [-0.4, -0.2) is 54.3 Å². The SMILES string of the molecule is CC(C)n1c(=O)sc2cc(S(=O)(=O)N3CCN(C(=O)c4ccc(C(F)(F)F)cc4)CC3)ccc21. The van der Waals surface area contributed by atoms with Crippen LogP contribution in [0.1, 0.15) is 35.8 Å². The van der Waals surface area contributed by atoms with Gasteiger partial charge in [0.2, 0.25) is 10.0 Å². The molecule has 2 aromatic carbocycles. The maximum Gasteiger partial charge on any atom is 0.416 e. The predicted octanol–water partition coefficient (Wildman–Crippen LogP) is 3.81. The summed E-state index contributed by atoms with van der Waals surface area (Å²) in [7, 11) is -3.85. The first-order chi connectivity index (χ1) is 15.9. The molecule has 3 aromatic rings. The molecule has 7 nitrogen and oxygen atoms in total. The van der Waals surface area contributed by atoms with Crippen molar-refractivity contribution in [2.24, 2.45) is 0 Å². The largest absolute Gasteiger partial charge is 0.416 e. The van der Waals surface area contributed by atoms with E-state index >= 15 is 0 Å². The molecule has 0 spiro atoms. The molecule has 0 saturated carbocycles. The van der Waals surface area contributed by atoms with Crippen molar-refractivity contribution < 1.29 is 26.4 Å². The molecule has 12 heteroatoms. The number of alkyl halides is 3. The van der Waals surface area contributed by atoms with Crippen LogP contribution in [0.15, 0.2) is 52.2 Å². The Balaban J connectivity index is 1.48. The second kappa shape index (κ2) is 8.82. The van der Waals surface area contributed by atoms with Crippen LogP contribution < -0.4 is 4.87 Å². The minimum atomic E-state index is -4.49. The van der Waals surface area contributed by atoms with E-state index in [0.29, 0.717) is 10.2 Å². The van der Waals surface area contributed by atoms with Crippen LogP contribution in [0.2, 0.25) is 0 Å². The zero-order valence-corrected chi connectivity index (χ0v) is 20.0. The van der Waals surface area contributed by atoms with Crippen molar-refractivity contribution in [1.82, 2.24) is 13.8 Å². The Labute approximate surface area is 198 Å². The number of hydrogen-bond acceptors (Lipinski definition) is 5. The average molecular weight is 514 g/mol. The lowest BCUT2D eigenvalue weighted by Crippen LogP contribution is -2.50. The van der Waals surface area contributed by atoms with Crippen LogP contribution in [0.5, 0.6) is 0 Å². The predicted molar refractivity (Wildman–Crippen MR) is 123 cm³/mol. The molecule has 0 N–H and O–H groups in total. The van der Waals surface area contributed by atoms with E-state index in [2.05, 4.69) is 0 Å². The molecule has 0 bridgehead atoms. The van der Waals surface area contributed by atoms with Crippen molar-refractivity contribution in [3.05, 3.63) is 63.3 Å². The first-order valence-electron chi connectivity index (χ1n) is 10.5. The first-order valence-corrected chi connectivity index (χ1v) is 12.8. The number of amides is 1. The smallest absolute Gasteiger partial charge is 0.336 e. The van der Waals surface area contributed by atoms with Crippen molar-refractivity contribution in [2.45, 2.75) is 31.0 Å². The molecular formula is C22H22F3N3O4S2. The Bertz CT molecular complexity index is 1390. The van der Waals surface area contributed by atoms with E-state index in [-0.39, 0.29) is 47.6 Å². The van der Waals surface area contributed by atoms with Crippen LogP contribution in [0.25, 0.3) is 10.2 Å². The van der Waals surface area contributed by atoms with Crippen LogP contribution in [0.4, 0.5) is 13.2 Å². The van der Waals surface area contributed by atoms with Gasteiger partial charge >= 0.3 is 11.0 Å². The molecule has 0 aliphatic carbocycles. The lowest BCUT2D eigenvalue weighted by Gasteiger charge is -2.34. The molecule has 0 atom stereocenters. The number of nitrogens with zero attached hydrogens (tertiary/aromatic N) is 3. The summed E-state index contributed by atoms with van der Waals surface area (Å²) in [5.41, 5.74) is -0.0547. The number of hydrogen-bond donors (Lipinski definition) is 0. The number of piperazine rings is 1. The maximum absolute atomic E-state index is 13.2. The number of thiazole rings is 1. The molecule has 1 saturated heterocycles. The van der Waals surface area contributed by atoms with Gasteiger partial charge in [-0.05, 0) is 56.3 Å². The van der Waals surface area contributed by atoms with Gasteiger partial charge in [-0.25, -0.2) is 8.42 Å². The lowest BCUT2D eigenvalue weighted by molar-refractivity contribution is -0.137.